The van der Waals surface area contributed by atoms with E-state index in [0.29, 0.717) is 31.9 Å². The molecule has 3 aliphatic rings. The van der Waals surface area contributed by atoms with Crippen molar-refractivity contribution >= 4 is 17.7 Å². The summed E-state index contributed by atoms with van der Waals surface area (Å²) in [6, 6.07) is 13.0. The van der Waals surface area contributed by atoms with E-state index in [1.54, 1.807) is 24.1 Å². The van der Waals surface area contributed by atoms with Gasteiger partial charge < -0.3 is 34.3 Å². The lowest BCUT2D eigenvalue weighted by atomic mass is 9.74. The van der Waals surface area contributed by atoms with E-state index in [-0.39, 0.29) is 39.9 Å². The van der Waals surface area contributed by atoms with Crippen LogP contribution in [0.2, 0.25) is 5.02 Å². The molecule has 5 rings (SSSR count). The molecule has 0 radical (unpaired) electrons. The number of hydrogen-bond acceptors (Lipinski definition) is 10. The fraction of sp³-hybridized carbons (Fsp3) is 0.385. The number of fused-ring (bicyclic) bond motifs is 1. The zero-order chi connectivity index (χ0) is 26.8. The molecule has 200 valence electrons. The van der Waals surface area contributed by atoms with Crippen LogP contribution < -0.4 is 30.8 Å². The standard InChI is InChI=1S/C26H28ClN5O6/c1-34-16-5-3-14(4-6-16)22-21-20(17(13-28)24(29)38-25(21)31-30-22)15-11-18(27)23(19(12-15)35-2)37-26(33)32-7-9-36-10-8-32/h3-6,11-12,20-22,25,30-31H,7-10,29H2,1-2H3. The zero-order valence-corrected chi connectivity index (χ0v) is 21.7. The van der Waals surface area contributed by atoms with Crippen molar-refractivity contribution in [3.8, 4) is 23.3 Å². The van der Waals surface area contributed by atoms with E-state index in [1.165, 1.54) is 7.11 Å². The molecule has 4 N–H and O–H groups in total. The average molecular weight is 542 g/mol. The third-order valence-electron chi connectivity index (χ3n) is 7.00. The van der Waals surface area contributed by atoms with Gasteiger partial charge in [-0.3, -0.25) is 0 Å². The molecule has 11 nitrogen and oxygen atoms in total. The predicted molar refractivity (Wildman–Crippen MR) is 136 cm³/mol. The molecule has 38 heavy (non-hydrogen) atoms. The lowest BCUT2D eigenvalue weighted by molar-refractivity contribution is 0.0340. The van der Waals surface area contributed by atoms with Crippen molar-refractivity contribution in [2.45, 2.75) is 18.2 Å². The molecule has 0 spiro atoms. The maximum Gasteiger partial charge on any atom is 0.415 e. The number of benzene rings is 2. The van der Waals surface area contributed by atoms with Gasteiger partial charge in [0, 0.05) is 24.9 Å². The fourth-order valence-corrected chi connectivity index (χ4v) is 5.36. The van der Waals surface area contributed by atoms with Crippen LogP contribution in [0, 0.1) is 17.2 Å². The van der Waals surface area contributed by atoms with E-state index in [1.807, 2.05) is 24.3 Å². The van der Waals surface area contributed by atoms with Gasteiger partial charge in [0.05, 0.1) is 44.1 Å². The summed E-state index contributed by atoms with van der Waals surface area (Å²) in [6.07, 6.45) is -1.06. The van der Waals surface area contributed by atoms with Crippen LogP contribution >= 0.6 is 11.6 Å². The van der Waals surface area contributed by atoms with Crippen molar-refractivity contribution in [1.29, 1.82) is 5.26 Å². The van der Waals surface area contributed by atoms with Gasteiger partial charge in [0.2, 0.25) is 5.88 Å². The summed E-state index contributed by atoms with van der Waals surface area (Å²) in [6.45, 7) is 1.72. The van der Waals surface area contributed by atoms with Crippen LogP contribution in [0.4, 0.5) is 4.79 Å². The summed E-state index contributed by atoms with van der Waals surface area (Å²) in [5, 5.41) is 10.2. The first-order valence-electron chi connectivity index (χ1n) is 12.1. The van der Waals surface area contributed by atoms with Gasteiger partial charge in [-0.15, -0.1) is 0 Å². The van der Waals surface area contributed by atoms with E-state index in [0.717, 1.165) is 11.3 Å². The van der Waals surface area contributed by atoms with E-state index in [9.17, 15) is 10.1 Å². The molecule has 2 fully saturated rings. The van der Waals surface area contributed by atoms with Crippen molar-refractivity contribution in [2.24, 2.45) is 11.7 Å². The van der Waals surface area contributed by atoms with Gasteiger partial charge in [-0.25, -0.2) is 15.6 Å². The smallest absolute Gasteiger partial charge is 0.415 e. The maximum atomic E-state index is 12.7. The SMILES string of the molecule is COc1ccc(C2NNC3OC(N)=C(C#N)C(c4cc(Cl)c(OC(=O)N5CCOCC5)c(OC)c4)C32)cc1. The number of ether oxygens (including phenoxy) is 5. The number of nitrogens with two attached hydrogens (primary N) is 1. The molecule has 0 aromatic heterocycles. The third kappa shape index (κ3) is 4.79. The van der Waals surface area contributed by atoms with Crippen molar-refractivity contribution in [2.75, 3.05) is 40.5 Å². The lowest BCUT2D eigenvalue weighted by Gasteiger charge is -2.36. The minimum Gasteiger partial charge on any atom is -0.497 e. The van der Waals surface area contributed by atoms with Crippen LogP contribution in [0.25, 0.3) is 0 Å². The number of hydrogen-bond donors (Lipinski definition) is 3. The molecular formula is C26H28ClN5O6. The highest BCUT2D eigenvalue weighted by Gasteiger charge is 2.49. The highest BCUT2D eigenvalue weighted by atomic mass is 35.5. The number of nitrogens with one attached hydrogen (secondary N) is 2. The summed E-state index contributed by atoms with van der Waals surface area (Å²) in [5.74, 6) is 0.321. The Hall–Kier alpha value is -3.69. The summed E-state index contributed by atoms with van der Waals surface area (Å²) in [7, 11) is 3.07. The second-order valence-electron chi connectivity index (χ2n) is 9.02. The van der Waals surface area contributed by atoms with Crippen LogP contribution in [0.15, 0.2) is 47.9 Å². The van der Waals surface area contributed by atoms with Gasteiger partial charge in [-0.05, 0) is 35.4 Å². The number of rotatable bonds is 5. The Bertz CT molecular complexity index is 1270. The summed E-state index contributed by atoms with van der Waals surface area (Å²) < 4.78 is 27.7. The normalized spacial score (nSPS) is 24.7. The quantitative estimate of drug-likeness (QED) is 0.517. The molecule has 2 saturated heterocycles. The van der Waals surface area contributed by atoms with Gasteiger partial charge in [0.15, 0.2) is 17.7 Å². The van der Waals surface area contributed by atoms with E-state index in [2.05, 4.69) is 16.9 Å². The lowest BCUT2D eigenvalue weighted by Crippen LogP contribution is -2.42. The molecule has 0 aliphatic carbocycles. The van der Waals surface area contributed by atoms with Crippen LogP contribution in [0.3, 0.4) is 0 Å². The average Bonchev–Trinajstić information content (AvgIpc) is 3.36. The summed E-state index contributed by atoms with van der Waals surface area (Å²) >= 11 is 6.67. The largest absolute Gasteiger partial charge is 0.497 e. The Kier molecular flexibility index (Phi) is 7.49. The highest BCUT2D eigenvalue weighted by molar-refractivity contribution is 6.32. The number of methoxy groups -OCH3 is 2. The van der Waals surface area contributed by atoms with Crippen LogP contribution in [0.1, 0.15) is 23.1 Å². The highest BCUT2D eigenvalue weighted by Crippen LogP contribution is 2.50. The minimum atomic E-state index is -0.544. The number of nitriles is 1. The Morgan fingerprint density at radius 2 is 1.87 bits per heavy atom. The molecule has 4 unspecified atom stereocenters. The molecule has 4 atom stereocenters. The number of amides is 1. The number of allylic oxidation sites excluding steroid dienone is 1. The fourth-order valence-electron chi connectivity index (χ4n) is 5.11. The number of morpholine rings is 1. The zero-order valence-electron chi connectivity index (χ0n) is 20.9. The van der Waals surface area contributed by atoms with Gasteiger partial charge in [-0.2, -0.15) is 5.26 Å². The second-order valence-corrected chi connectivity index (χ2v) is 9.43. The third-order valence-corrected chi connectivity index (χ3v) is 7.28. The van der Waals surface area contributed by atoms with Crippen molar-refractivity contribution in [3.05, 3.63) is 64.0 Å². The molecule has 2 aromatic carbocycles. The van der Waals surface area contributed by atoms with Crippen LogP contribution in [-0.4, -0.2) is 57.7 Å². The summed E-state index contributed by atoms with van der Waals surface area (Å²) in [5.41, 5.74) is 14.5. The van der Waals surface area contributed by atoms with Crippen molar-refractivity contribution in [1.82, 2.24) is 15.8 Å². The van der Waals surface area contributed by atoms with Gasteiger partial charge in [0.25, 0.3) is 0 Å². The molecule has 0 bridgehead atoms. The van der Waals surface area contributed by atoms with Crippen LogP contribution in [-0.2, 0) is 9.47 Å². The number of hydrazine groups is 1. The Morgan fingerprint density at radius 1 is 1.13 bits per heavy atom. The maximum absolute atomic E-state index is 12.7. The predicted octanol–water partition coefficient (Wildman–Crippen LogP) is 2.79. The Balaban J connectivity index is 1.52. The van der Waals surface area contributed by atoms with Gasteiger partial charge in [0.1, 0.15) is 11.8 Å². The first-order chi connectivity index (χ1) is 18.4. The molecule has 12 heteroatoms. The van der Waals surface area contributed by atoms with Gasteiger partial charge in [-0.1, -0.05) is 23.7 Å². The molecular weight excluding hydrogens is 514 g/mol. The monoisotopic (exact) mass is 541 g/mol. The molecule has 1 amide bonds. The topological polar surface area (TPSA) is 140 Å². The first kappa shape index (κ1) is 25.9. The van der Waals surface area contributed by atoms with Crippen molar-refractivity contribution in [3.63, 3.8) is 0 Å². The number of carbonyl (C=O) groups excluding carboxylic acids is 1. The number of halogens is 1. The molecule has 2 aromatic rings. The number of nitrogens with zero attached hydrogens (tertiary/aromatic N) is 2. The molecule has 3 aliphatic heterocycles. The number of carbonyl (C=O) groups is 1. The Morgan fingerprint density at radius 3 is 2.53 bits per heavy atom. The van der Waals surface area contributed by atoms with Gasteiger partial charge >= 0.3 is 6.09 Å². The van der Waals surface area contributed by atoms with Crippen molar-refractivity contribution < 1.29 is 28.5 Å². The van der Waals surface area contributed by atoms with E-state index >= 15 is 0 Å². The summed E-state index contributed by atoms with van der Waals surface area (Å²) in [4.78, 5) is 14.3. The minimum absolute atomic E-state index is 0.0290. The molecule has 3 heterocycles. The Labute approximate surface area is 224 Å². The molecule has 0 saturated carbocycles. The first-order valence-corrected chi connectivity index (χ1v) is 12.5. The van der Waals surface area contributed by atoms with Crippen LogP contribution in [0.5, 0.6) is 17.2 Å². The van der Waals surface area contributed by atoms with E-state index < -0.39 is 18.2 Å². The van der Waals surface area contributed by atoms with E-state index in [4.69, 9.17) is 41.0 Å². The second kappa shape index (κ2) is 11.0.